The number of piperazine rings is 1. The number of ether oxygens (including phenoxy) is 2. The largest absolute Gasteiger partial charge is 0.497 e. The van der Waals surface area contributed by atoms with Crippen LogP contribution in [0.1, 0.15) is 11.3 Å². The number of rotatable bonds is 9. The predicted octanol–water partition coefficient (Wildman–Crippen LogP) is 7.30. The first-order valence-corrected chi connectivity index (χ1v) is 15.3. The summed E-state index contributed by atoms with van der Waals surface area (Å²) in [5, 5.41) is 4.25. The molecule has 1 aliphatic rings. The van der Waals surface area contributed by atoms with Crippen molar-refractivity contribution < 1.29 is 14.3 Å². The van der Waals surface area contributed by atoms with Crippen LogP contribution in [0.4, 0.5) is 27.5 Å². The monoisotopic (exact) mass is 601 g/mol. The van der Waals surface area contributed by atoms with E-state index in [1.807, 2.05) is 61.5 Å². The number of pyridine rings is 1. The van der Waals surface area contributed by atoms with E-state index in [0.717, 1.165) is 56.0 Å². The molecule has 2 amide bonds. The minimum absolute atomic E-state index is 0.274. The van der Waals surface area contributed by atoms with Crippen molar-refractivity contribution in [1.82, 2.24) is 9.88 Å². The molecule has 0 bridgehead atoms. The standard InChI is InChI=1S/C37H39N5O3/c1-27-16-17-34-35(38-27)14-7-15-36(34)41-22-20-40(21-23-41)19-18-28-8-4-10-30(24-28)42(31-11-6-13-33(26-31)45-3)37(43)39-29-9-5-12-32(25-29)44-2/h4-17,24-26H,18-23H2,1-3H3,(H,39,43). The maximum atomic E-state index is 13.8. The Morgan fingerprint density at radius 3 is 2.27 bits per heavy atom. The molecular formula is C37H39N5O3. The Morgan fingerprint density at radius 1 is 0.800 bits per heavy atom. The first kappa shape index (κ1) is 30.0. The van der Waals surface area contributed by atoms with Gasteiger partial charge in [-0.2, -0.15) is 0 Å². The maximum Gasteiger partial charge on any atom is 0.330 e. The van der Waals surface area contributed by atoms with Crippen LogP contribution in [0.15, 0.2) is 103 Å². The van der Waals surface area contributed by atoms with E-state index in [2.05, 4.69) is 57.6 Å². The summed E-state index contributed by atoms with van der Waals surface area (Å²) in [6.45, 7) is 6.92. The van der Waals surface area contributed by atoms with E-state index in [-0.39, 0.29) is 6.03 Å². The Kier molecular flexibility index (Phi) is 9.12. The molecule has 1 aliphatic heterocycles. The quantitative estimate of drug-likeness (QED) is 0.191. The summed E-state index contributed by atoms with van der Waals surface area (Å²) < 4.78 is 10.8. The van der Waals surface area contributed by atoms with Crippen LogP contribution in [0.5, 0.6) is 11.5 Å². The minimum atomic E-state index is -0.274. The number of nitrogens with one attached hydrogen (secondary N) is 1. The summed E-state index contributed by atoms with van der Waals surface area (Å²) in [7, 11) is 3.23. The van der Waals surface area contributed by atoms with Crippen molar-refractivity contribution in [2.45, 2.75) is 13.3 Å². The smallest absolute Gasteiger partial charge is 0.330 e. The lowest BCUT2D eigenvalue weighted by Gasteiger charge is -2.36. The molecular weight excluding hydrogens is 562 g/mol. The van der Waals surface area contributed by atoms with Gasteiger partial charge in [0.25, 0.3) is 0 Å². The third kappa shape index (κ3) is 7.02. The zero-order valence-corrected chi connectivity index (χ0v) is 26.1. The lowest BCUT2D eigenvalue weighted by atomic mass is 10.1. The number of carbonyl (C=O) groups is 1. The summed E-state index contributed by atoms with van der Waals surface area (Å²) in [6, 6.07) is 33.5. The zero-order chi connectivity index (χ0) is 31.2. The molecule has 8 heteroatoms. The lowest BCUT2D eigenvalue weighted by Crippen LogP contribution is -2.47. The van der Waals surface area contributed by atoms with E-state index in [9.17, 15) is 4.79 Å². The average molecular weight is 602 g/mol. The fourth-order valence-electron chi connectivity index (χ4n) is 5.88. The summed E-state index contributed by atoms with van der Waals surface area (Å²) in [6.07, 6.45) is 0.884. The first-order chi connectivity index (χ1) is 22.0. The number of anilines is 4. The average Bonchev–Trinajstić information content (AvgIpc) is 3.07. The molecule has 1 aromatic heterocycles. The molecule has 1 N–H and O–H groups in total. The van der Waals surface area contributed by atoms with E-state index in [0.29, 0.717) is 22.9 Å². The van der Waals surface area contributed by atoms with Crippen molar-refractivity contribution in [2.24, 2.45) is 0 Å². The van der Waals surface area contributed by atoms with Gasteiger partial charge in [0, 0.05) is 67.3 Å². The second-order valence-corrected chi connectivity index (χ2v) is 11.2. The van der Waals surface area contributed by atoms with E-state index in [4.69, 9.17) is 14.5 Å². The number of nitrogens with zero attached hydrogens (tertiary/aromatic N) is 4. The van der Waals surface area contributed by atoms with E-state index in [1.54, 1.807) is 25.2 Å². The van der Waals surface area contributed by atoms with E-state index >= 15 is 0 Å². The number of fused-ring (bicyclic) bond motifs is 1. The molecule has 0 unspecified atom stereocenters. The predicted molar refractivity (Wildman–Crippen MR) is 182 cm³/mol. The van der Waals surface area contributed by atoms with Crippen molar-refractivity contribution in [3.63, 3.8) is 0 Å². The number of aryl methyl sites for hydroxylation is 1. The Labute approximate surface area is 264 Å². The van der Waals surface area contributed by atoms with Gasteiger partial charge in [0.05, 0.1) is 31.1 Å². The van der Waals surface area contributed by atoms with Crippen molar-refractivity contribution in [3.05, 3.63) is 114 Å². The molecule has 0 saturated carbocycles. The maximum absolute atomic E-state index is 13.8. The normalized spacial score (nSPS) is 13.4. The van der Waals surface area contributed by atoms with Gasteiger partial charge in [-0.05, 0) is 79.6 Å². The van der Waals surface area contributed by atoms with Gasteiger partial charge in [0.2, 0.25) is 0 Å². The first-order valence-electron chi connectivity index (χ1n) is 15.3. The Hall–Kier alpha value is -5.08. The summed E-state index contributed by atoms with van der Waals surface area (Å²) >= 11 is 0. The van der Waals surface area contributed by atoms with E-state index in [1.165, 1.54) is 16.6 Å². The topological polar surface area (TPSA) is 70.2 Å². The van der Waals surface area contributed by atoms with Crippen LogP contribution < -0.4 is 24.6 Å². The molecule has 0 aliphatic carbocycles. The van der Waals surface area contributed by atoms with Gasteiger partial charge in [0.15, 0.2) is 0 Å². The summed E-state index contributed by atoms with van der Waals surface area (Å²) in [4.78, 5) is 25.2. The molecule has 1 saturated heterocycles. The van der Waals surface area contributed by atoms with Crippen LogP contribution in [-0.4, -0.2) is 62.9 Å². The van der Waals surface area contributed by atoms with Gasteiger partial charge >= 0.3 is 6.03 Å². The molecule has 2 heterocycles. The number of benzene rings is 4. The number of methoxy groups -OCH3 is 2. The molecule has 0 atom stereocenters. The molecule has 0 radical (unpaired) electrons. The number of hydrogen-bond donors (Lipinski definition) is 1. The molecule has 1 fully saturated rings. The number of aromatic nitrogens is 1. The molecule has 6 rings (SSSR count). The summed E-state index contributed by atoms with van der Waals surface area (Å²) in [5.74, 6) is 1.35. The van der Waals surface area contributed by atoms with Crippen LogP contribution in [0.25, 0.3) is 10.9 Å². The third-order valence-electron chi connectivity index (χ3n) is 8.28. The number of hydrogen-bond acceptors (Lipinski definition) is 6. The van der Waals surface area contributed by atoms with Gasteiger partial charge in [-0.15, -0.1) is 0 Å². The highest BCUT2D eigenvalue weighted by Gasteiger charge is 2.21. The van der Waals surface area contributed by atoms with Crippen LogP contribution in [-0.2, 0) is 6.42 Å². The number of urea groups is 1. The molecule has 8 nitrogen and oxygen atoms in total. The van der Waals surface area contributed by atoms with Crippen molar-refractivity contribution in [2.75, 3.05) is 62.1 Å². The highest BCUT2D eigenvalue weighted by atomic mass is 16.5. The molecule has 230 valence electrons. The molecule has 45 heavy (non-hydrogen) atoms. The Bertz CT molecular complexity index is 1780. The second-order valence-electron chi connectivity index (χ2n) is 11.2. The second kappa shape index (κ2) is 13.7. The SMILES string of the molecule is COc1cccc(NC(=O)N(c2cccc(CCN3CCN(c4cccc5nc(C)ccc45)CC3)c2)c2cccc(OC)c2)c1. The van der Waals surface area contributed by atoms with Gasteiger partial charge in [-0.3, -0.25) is 14.8 Å². The van der Waals surface area contributed by atoms with Gasteiger partial charge in [-0.1, -0.05) is 30.3 Å². The van der Waals surface area contributed by atoms with Crippen LogP contribution in [0.3, 0.4) is 0 Å². The van der Waals surface area contributed by atoms with Crippen LogP contribution >= 0.6 is 0 Å². The van der Waals surface area contributed by atoms with Gasteiger partial charge < -0.3 is 19.7 Å². The van der Waals surface area contributed by atoms with Gasteiger partial charge in [-0.25, -0.2) is 4.79 Å². The fourth-order valence-corrected chi connectivity index (χ4v) is 5.88. The van der Waals surface area contributed by atoms with E-state index < -0.39 is 0 Å². The highest BCUT2D eigenvalue weighted by Crippen LogP contribution is 2.31. The van der Waals surface area contributed by atoms with Gasteiger partial charge in [0.1, 0.15) is 11.5 Å². The molecule has 0 spiro atoms. The minimum Gasteiger partial charge on any atom is -0.497 e. The summed E-state index contributed by atoms with van der Waals surface area (Å²) in [5.41, 5.74) is 6.67. The van der Waals surface area contributed by atoms with Crippen molar-refractivity contribution >= 4 is 39.7 Å². The van der Waals surface area contributed by atoms with Crippen LogP contribution in [0.2, 0.25) is 0 Å². The molecule has 5 aromatic rings. The fraction of sp³-hybridized carbons (Fsp3) is 0.243. The third-order valence-corrected chi connectivity index (χ3v) is 8.28. The Morgan fingerprint density at radius 2 is 1.49 bits per heavy atom. The number of carbonyl (C=O) groups excluding carboxylic acids is 1. The van der Waals surface area contributed by atoms with Crippen molar-refractivity contribution in [3.8, 4) is 11.5 Å². The van der Waals surface area contributed by atoms with Crippen molar-refractivity contribution in [1.29, 1.82) is 0 Å². The van der Waals surface area contributed by atoms with Crippen LogP contribution in [0, 0.1) is 6.92 Å². The number of amides is 2. The Balaban J connectivity index is 1.15. The highest BCUT2D eigenvalue weighted by molar-refractivity contribution is 6.07. The zero-order valence-electron chi connectivity index (χ0n) is 26.1. The molecule has 4 aromatic carbocycles. The lowest BCUT2D eigenvalue weighted by molar-refractivity contribution is 0.259.